The molecule has 3 heteroatoms. The molecule has 1 aromatic carbocycles. The van der Waals surface area contributed by atoms with Crippen molar-refractivity contribution in [1.29, 1.82) is 0 Å². The van der Waals surface area contributed by atoms with Crippen molar-refractivity contribution < 1.29 is 9.84 Å². The monoisotopic (exact) mass is 240 g/mol. The number of halogens is 1. The minimum atomic E-state index is -0.427. The fourth-order valence-corrected chi connectivity index (χ4v) is 2.37. The number of hydrogen-bond donors (Lipinski definition) is 1. The molecule has 1 aromatic rings. The number of ether oxygens (including phenoxy) is 1. The molecule has 1 aliphatic rings. The summed E-state index contributed by atoms with van der Waals surface area (Å²) >= 11 is 5.90. The van der Waals surface area contributed by atoms with Crippen LogP contribution >= 0.6 is 11.6 Å². The summed E-state index contributed by atoms with van der Waals surface area (Å²) in [6.07, 6.45) is 2.43. The first-order valence-corrected chi connectivity index (χ1v) is 6.11. The highest BCUT2D eigenvalue weighted by molar-refractivity contribution is 6.30. The van der Waals surface area contributed by atoms with Crippen LogP contribution in [0.25, 0.3) is 0 Å². The van der Waals surface area contributed by atoms with Crippen molar-refractivity contribution in [2.24, 2.45) is 0 Å². The molecule has 1 aliphatic heterocycles. The van der Waals surface area contributed by atoms with Crippen molar-refractivity contribution >= 4 is 11.6 Å². The molecule has 1 heterocycles. The first kappa shape index (κ1) is 11.9. The Bertz CT molecular complexity index is 354. The van der Waals surface area contributed by atoms with E-state index in [2.05, 4.69) is 0 Å². The fourth-order valence-electron chi connectivity index (χ4n) is 2.15. The SMILES string of the molecule is CC1CCC(C(O)Cc2cccc(Cl)c2)O1. The van der Waals surface area contributed by atoms with E-state index in [1.807, 2.05) is 31.2 Å². The molecular formula is C13H17ClO2. The van der Waals surface area contributed by atoms with Crippen LogP contribution in [0.5, 0.6) is 0 Å². The fraction of sp³-hybridized carbons (Fsp3) is 0.538. The Kier molecular flexibility index (Phi) is 3.85. The molecule has 0 saturated carbocycles. The molecule has 0 aromatic heterocycles. The van der Waals surface area contributed by atoms with E-state index in [0.29, 0.717) is 11.4 Å². The lowest BCUT2D eigenvalue weighted by Gasteiger charge is -2.18. The molecule has 1 N–H and O–H groups in total. The highest BCUT2D eigenvalue weighted by atomic mass is 35.5. The van der Waals surface area contributed by atoms with Crippen LogP contribution in [-0.2, 0) is 11.2 Å². The van der Waals surface area contributed by atoms with E-state index < -0.39 is 6.10 Å². The minimum absolute atomic E-state index is 0.0195. The average molecular weight is 241 g/mol. The Labute approximate surface area is 101 Å². The third-order valence-corrected chi connectivity index (χ3v) is 3.26. The molecule has 1 saturated heterocycles. The van der Waals surface area contributed by atoms with Crippen LogP contribution in [0.2, 0.25) is 5.02 Å². The van der Waals surface area contributed by atoms with Crippen molar-refractivity contribution in [3.05, 3.63) is 34.9 Å². The number of rotatable bonds is 3. The minimum Gasteiger partial charge on any atom is -0.390 e. The molecule has 3 atom stereocenters. The van der Waals surface area contributed by atoms with E-state index >= 15 is 0 Å². The van der Waals surface area contributed by atoms with Gasteiger partial charge in [-0.25, -0.2) is 0 Å². The van der Waals surface area contributed by atoms with E-state index in [9.17, 15) is 5.11 Å². The number of aliphatic hydroxyl groups is 1. The lowest BCUT2D eigenvalue weighted by Crippen LogP contribution is -2.28. The van der Waals surface area contributed by atoms with Crippen LogP contribution in [0.15, 0.2) is 24.3 Å². The standard InChI is InChI=1S/C13H17ClO2/c1-9-5-6-13(16-9)12(15)8-10-3-2-4-11(14)7-10/h2-4,7,9,12-13,15H,5-6,8H2,1H3. The van der Waals surface area contributed by atoms with Gasteiger partial charge in [0.05, 0.1) is 18.3 Å². The number of aliphatic hydroxyl groups excluding tert-OH is 1. The first-order valence-electron chi connectivity index (χ1n) is 5.73. The largest absolute Gasteiger partial charge is 0.390 e. The third kappa shape index (κ3) is 2.97. The smallest absolute Gasteiger partial charge is 0.0842 e. The molecule has 16 heavy (non-hydrogen) atoms. The van der Waals surface area contributed by atoms with Gasteiger partial charge in [-0.2, -0.15) is 0 Å². The van der Waals surface area contributed by atoms with Crippen LogP contribution in [0, 0.1) is 0 Å². The maximum absolute atomic E-state index is 10.0. The summed E-state index contributed by atoms with van der Waals surface area (Å²) in [6, 6.07) is 7.62. The maximum Gasteiger partial charge on any atom is 0.0842 e. The van der Waals surface area contributed by atoms with E-state index in [4.69, 9.17) is 16.3 Å². The lowest BCUT2D eigenvalue weighted by atomic mass is 10.0. The van der Waals surface area contributed by atoms with Gasteiger partial charge in [-0.05, 0) is 37.5 Å². The highest BCUT2D eigenvalue weighted by Gasteiger charge is 2.28. The van der Waals surface area contributed by atoms with Crippen molar-refractivity contribution in [2.75, 3.05) is 0 Å². The molecule has 88 valence electrons. The first-order chi connectivity index (χ1) is 7.65. The second-order valence-corrected chi connectivity index (χ2v) is 4.90. The van der Waals surface area contributed by atoms with Gasteiger partial charge in [0.1, 0.15) is 0 Å². The summed E-state index contributed by atoms with van der Waals surface area (Å²) in [6.45, 7) is 2.05. The van der Waals surface area contributed by atoms with Gasteiger partial charge < -0.3 is 9.84 Å². The molecule has 1 fully saturated rings. The van der Waals surface area contributed by atoms with Gasteiger partial charge >= 0.3 is 0 Å². The molecule has 0 bridgehead atoms. The number of hydrogen-bond acceptors (Lipinski definition) is 2. The predicted molar refractivity (Wildman–Crippen MR) is 64.7 cm³/mol. The average Bonchev–Trinajstić information content (AvgIpc) is 2.65. The molecule has 2 rings (SSSR count). The normalized spacial score (nSPS) is 26.9. The lowest BCUT2D eigenvalue weighted by molar-refractivity contribution is -0.0278. The molecule has 0 aliphatic carbocycles. The summed E-state index contributed by atoms with van der Waals surface area (Å²) in [5.74, 6) is 0. The van der Waals surface area contributed by atoms with E-state index in [1.165, 1.54) is 0 Å². The summed E-state index contributed by atoms with van der Waals surface area (Å²) in [5.41, 5.74) is 1.06. The molecule has 0 radical (unpaired) electrons. The Hall–Kier alpha value is -0.570. The summed E-state index contributed by atoms with van der Waals surface area (Å²) in [4.78, 5) is 0. The predicted octanol–water partition coefficient (Wildman–Crippen LogP) is 2.81. The van der Waals surface area contributed by atoms with Gasteiger partial charge in [-0.3, -0.25) is 0 Å². The topological polar surface area (TPSA) is 29.5 Å². The van der Waals surface area contributed by atoms with E-state index in [0.717, 1.165) is 18.4 Å². The molecular weight excluding hydrogens is 224 g/mol. The van der Waals surface area contributed by atoms with Crippen LogP contribution in [0.3, 0.4) is 0 Å². The summed E-state index contributed by atoms with van der Waals surface area (Å²) in [7, 11) is 0. The zero-order chi connectivity index (χ0) is 11.5. The van der Waals surface area contributed by atoms with Crippen LogP contribution in [0.4, 0.5) is 0 Å². The van der Waals surface area contributed by atoms with Crippen molar-refractivity contribution in [3.63, 3.8) is 0 Å². The van der Waals surface area contributed by atoms with Gasteiger partial charge in [0.2, 0.25) is 0 Å². The Morgan fingerprint density at radius 3 is 2.94 bits per heavy atom. The van der Waals surface area contributed by atoms with Gasteiger partial charge in [-0.1, -0.05) is 23.7 Å². The second kappa shape index (κ2) is 5.17. The zero-order valence-electron chi connectivity index (χ0n) is 9.40. The van der Waals surface area contributed by atoms with E-state index in [-0.39, 0.29) is 12.2 Å². The quantitative estimate of drug-likeness (QED) is 0.881. The summed E-state index contributed by atoms with van der Waals surface area (Å²) < 4.78 is 5.64. The molecule has 2 nitrogen and oxygen atoms in total. The second-order valence-electron chi connectivity index (χ2n) is 4.46. The molecule has 0 spiro atoms. The van der Waals surface area contributed by atoms with Crippen molar-refractivity contribution in [3.8, 4) is 0 Å². The van der Waals surface area contributed by atoms with Crippen LogP contribution in [0.1, 0.15) is 25.3 Å². The molecule has 0 amide bonds. The van der Waals surface area contributed by atoms with Gasteiger partial charge in [0, 0.05) is 11.4 Å². The maximum atomic E-state index is 10.0. The number of benzene rings is 1. The van der Waals surface area contributed by atoms with Gasteiger partial charge in [-0.15, -0.1) is 0 Å². The van der Waals surface area contributed by atoms with Crippen molar-refractivity contribution in [1.82, 2.24) is 0 Å². The Morgan fingerprint density at radius 1 is 1.50 bits per heavy atom. The van der Waals surface area contributed by atoms with E-state index in [1.54, 1.807) is 0 Å². The van der Waals surface area contributed by atoms with Crippen LogP contribution in [-0.4, -0.2) is 23.4 Å². The third-order valence-electron chi connectivity index (χ3n) is 3.03. The zero-order valence-corrected chi connectivity index (χ0v) is 10.2. The Morgan fingerprint density at radius 2 is 2.31 bits per heavy atom. The molecule has 3 unspecified atom stereocenters. The van der Waals surface area contributed by atoms with Crippen molar-refractivity contribution in [2.45, 2.75) is 44.5 Å². The van der Waals surface area contributed by atoms with Gasteiger partial charge in [0.15, 0.2) is 0 Å². The summed E-state index contributed by atoms with van der Waals surface area (Å²) in [5, 5.41) is 10.8. The van der Waals surface area contributed by atoms with Gasteiger partial charge in [0.25, 0.3) is 0 Å². The Balaban J connectivity index is 1.94. The highest BCUT2D eigenvalue weighted by Crippen LogP contribution is 2.24. The van der Waals surface area contributed by atoms with Crippen LogP contribution < -0.4 is 0 Å².